The van der Waals surface area contributed by atoms with Crippen LogP contribution in [-0.4, -0.2) is 19.7 Å². The molecule has 3 N–H and O–H groups in total. The Balaban J connectivity index is 2.19. The van der Waals surface area contributed by atoms with Crippen LogP contribution >= 0.6 is 11.6 Å². The van der Waals surface area contributed by atoms with Crippen molar-refractivity contribution >= 4 is 11.6 Å². The molecule has 0 fully saturated rings. The first-order valence-electron chi connectivity index (χ1n) is 6.19. The van der Waals surface area contributed by atoms with Crippen LogP contribution in [0, 0.1) is 0 Å². The molecule has 0 aliphatic rings. The molecular formula is C12H17ClN6. The lowest BCUT2D eigenvalue weighted by atomic mass is 10.1. The Bertz CT molecular complexity index is 526. The van der Waals surface area contributed by atoms with E-state index in [4.69, 9.17) is 17.4 Å². The second-order valence-corrected chi connectivity index (χ2v) is 4.60. The summed E-state index contributed by atoms with van der Waals surface area (Å²) < 4.78 is 1.88. The molecule has 0 aromatic carbocycles. The third-order valence-corrected chi connectivity index (χ3v) is 3.16. The van der Waals surface area contributed by atoms with Crippen LogP contribution in [0.3, 0.4) is 0 Å². The van der Waals surface area contributed by atoms with E-state index in [-0.39, 0.29) is 6.04 Å². The topological polar surface area (TPSA) is 81.7 Å². The Morgan fingerprint density at radius 3 is 3.00 bits per heavy atom. The fraction of sp³-hybridized carbons (Fsp3) is 0.417. The summed E-state index contributed by atoms with van der Waals surface area (Å²) in [7, 11) is 0. The second kappa shape index (κ2) is 6.60. The lowest BCUT2D eigenvalue weighted by Gasteiger charge is -2.16. The lowest BCUT2D eigenvalue weighted by molar-refractivity contribution is 0.491. The average Bonchev–Trinajstić information content (AvgIpc) is 2.85. The van der Waals surface area contributed by atoms with Gasteiger partial charge in [-0.2, -0.15) is 5.10 Å². The van der Waals surface area contributed by atoms with Crippen molar-refractivity contribution in [3.63, 3.8) is 0 Å². The van der Waals surface area contributed by atoms with Crippen LogP contribution in [-0.2, 0) is 13.0 Å². The number of hydrazine groups is 1. The standard InChI is InChI=1S/C12H17ClN6/c1-2-6-19-11(16-8-17-19)7-10(18-14)12-9(13)4-3-5-15-12/h3-5,8,10,18H,2,6-7,14H2,1H3. The summed E-state index contributed by atoms with van der Waals surface area (Å²) in [6, 6.07) is 3.40. The highest BCUT2D eigenvalue weighted by Crippen LogP contribution is 2.22. The summed E-state index contributed by atoms with van der Waals surface area (Å²) in [6.07, 6.45) is 4.84. The highest BCUT2D eigenvalue weighted by Gasteiger charge is 2.18. The van der Waals surface area contributed by atoms with Gasteiger partial charge in [0.25, 0.3) is 0 Å². The van der Waals surface area contributed by atoms with Gasteiger partial charge in [-0.05, 0) is 18.6 Å². The number of pyridine rings is 1. The van der Waals surface area contributed by atoms with Crippen LogP contribution in [0.1, 0.15) is 30.9 Å². The van der Waals surface area contributed by atoms with E-state index in [2.05, 4.69) is 27.4 Å². The summed E-state index contributed by atoms with van der Waals surface area (Å²) >= 11 is 6.14. The summed E-state index contributed by atoms with van der Waals surface area (Å²) in [5.74, 6) is 6.48. The monoisotopic (exact) mass is 280 g/mol. The Hall–Kier alpha value is -1.50. The number of halogens is 1. The van der Waals surface area contributed by atoms with Gasteiger partial charge in [-0.15, -0.1) is 0 Å². The molecule has 0 saturated heterocycles. The molecule has 0 aliphatic heterocycles. The normalized spacial score (nSPS) is 12.6. The number of hydrogen-bond acceptors (Lipinski definition) is 5. The molecule has 2 rings (SSSR count). The predicted octanol–water partition coefficient (Wildman–Crippen LogP) is 1.48. The maximum absolute atomic E-state index is 6.14. The smallest absolute Gasteiger partial charge is 0.138 e. The van der Waals surface area contributed by atoms with Gasteiger partial charge in [-0.25, -0.2) is 4.98 Å². The number of aromatic nitrogens is 4. The maximum atomic E-state index is 6.14. The number of aryl methyl sites for hydroxylation is 1. The lowest BCUT2D eigenvalue weighted by Crippen LogP contribution is -2.31. The molecule has 2 aromatic heterocycles. The number of nitrogens with zero attached hydrogens (tertiary/aromatic N) is 4. The van der Waals surface area contributed by atoms with Gasteiger partial charge in [0, 0.05) is 19.2 Å². The van der Waals surface area contributed by atoms with Crippen LogP contribution < -0.4 is 11.3 Å². The molecule has 0 bridgehead atoms. The highest BCUT2D eigenvalue weighted by molar-refractivity contribution is 6.31. The van der Waals surface area contributed by atoms with Crippen molar-refractivity contribution in [2.75, 3.05) is 0 Å². The third kappa shape index (κ3) is 3.28. The van der Waals surface area contributed by atoms with Crippen LogP contribution in [0.4, 0.5) is 0 Å². The van der Waals surface area contributed by atoms with Gasteiger partial charge in [0.15, 0.2) is 0 Å². The minimum atomic E-state index is -0.187. The zero-order chi connectivity index (χ0) is 13.7. The van der Waals surface area contributed by atoms with E-state index in [1.54, 1.807) is 24.7 Å². The largest absolute Gasteiger partial charge is 0.271 e. The molecule has 2 aromatic rings. The van der Waals surface area contributed by atoms with Gasteiger partial charge < -0.3 is 0 Å². The average molecular weight is 281 g/mol. The first-order chi connectivity index (χ1) is 9.26. The van der Waals surface area contributed by atoms with Gasteiger partial charge in [0.1, 0.15) is 12.2 Å². The number of nitrogens with two attached hydrogens (primary N) is 1. The Kier molecular flexibility index (Phi) is 4.84. The fourth-order valence-corrected chi connectivity index (χ4v) is 2.17. The Morgan fingerprint density at radius 1 is 1.47 bits per heavy atom. The molecule has 1 unspecified atom stereocenters. The molecule has 0 saturated carbocycles. The van der Waals surface area contributed by atoms with Gasteiger partial charge in [0.05, 0.1) is 16.8 Å². The molecule has 19 heavy (non-hydrogen) atoms. The molecule has 7 heteroatoms. The van der Waals surface area contributed by atoms with Crippen molar-refractivity contribution in [3.8, 4) is 0 Å². The highest BCUT2D eigenvalue weighted by atomic mass is 35.5. The molecule has 2 heterocycles. The van der Waals surface area contributed by atoms with Gasteiger partial charge >= 0.3 is 0 Å². The van der Waals surface area contributed by atoms with Crippen molar-refractivity contribution in [2.45, 2.75) is 32.4 Å². The van der Waals surface area contributed by atoms with Gasteiger partial charge in [-0.1, -0.05) is 18.5 Å². The fourth-order valence-electron chi connectivity index (χ4n) is 1.92. The van der Waals surface area contributed by atoms with E-state index >= 15 is 0 Å². The van der Waals surface area contributed by atoms with E-state index in [1.807, 2.05) is 4.68 Å². The molecule has 102 valence electrons. The van der Waals surface area contributed by atoms with Gasteiger partial charge in [0.2, 0.25) is 0 Å². The molecule has 0 amide bonds. The second-order valence-electron chi connectivity index (χ2n) is 4.19. The number of rotatable bonds is 6. The molecule has 0 spiro atoms. The predicted molar refractivity (Wildman–Crippen MR) is 73.3 cm³/mol. The quantitative estimate of drug-likeness (QED) is 0.619. The van der Waals surface area contributed by atoms with E-state index in [9.17, 15) is 0 Å². The molecule has 0 radical (unpaired) electrons. The van der Waals surface area contributed by atoms with Crippen molar-refractivity contribution in [1.29, 1.82) is 0 Å². The van der Waals surface area contributed by atoms with Crippen molar-refractivity contribution in [1.82, 2.24) is 25.2 Å². The Morgan fingerprint density at radius 2 is 2.32 bits per heavy atom. The third-order valence-electron chi connectivity index (χ3n) is 2.84. The van der Waals surface area contributed by atoms with Crippen molar-refractivity contribution in [2.24, 2.45) is 5.84 Å². The minimum absolute atomic E-state index is 0.187. The molecular weight excluding hydrogens is 264 g/mol. The zero-order valence-electron chi connectivity index (χ0n) is 10.8. The maximum Gasteiger partial charge on any atom is 0.138 e. The Labute approximate surface area is 117 Å². The van der Waals surface area contributed by atoms with Crippen LogP contribution in [0.2, 0.25) is 5.02 Å². The minimum Gasteiger partial charge on any atom is -0.271 e. The first-order valence-corrected chi connectivity index (χ1v) is 6.57. The summed E-state index contributed by atoms with van der Waals surface area (Å²) in [5, 5.41) is 4.78. The van der Waals surface area contributed by atoms with E-state index in [1.165, 1.54) is 0 Å². The van der Waals surface area contributed by atoms with Crippen LogP contribution in [0.25, 0.3) is 0 Å². The van der Waals surface area contributed by atoms with Crippen molar-refractivity contribution < 1.29 is 0 Å². The van der Waals surface area contributed by atoms with Crippen molar-refractivity contribution in [3.05, 3.63) is 41.2 Å². The zero-order valence-corrected chi connectivity index (χ0v) is 11.5. The van der Waals surface area contributed by atoms with Crippen LogP contribution in [0.15, 0.2) is 24.7 Å². The van der Waals surface area contributed by atoms with Gasteiger partial charge in [-0.3, -0.25) is 20.9 Å². The summed E-state index contributed by atoms with van der Waals surface area (Å²) in [6.45, 7) is 2.93. The number of hydrogen-bond donors (Lipinski definition) is 2. The SMILES string of the molecule is CCCn1ncnc1CC(NN)c1ncccc1Cl. The number of nitrogens with one attached hydrogen (secondary N) is 1. The summed E-state index contributed by atoms with van der Waals surface area (Å²) in [4.78, 5) is 8.54. The molecule has 1 atom stereocenters. The molecule has 0 aliphatic carbocycles. The van der Waals surface area contributed by atoms with Crippen LogP contribution in [0.5, 0.6) is 0 Å². The van der Waals surface area contributed by atoms with E-state index in [0.717, 1.165) is 24.5 Å². The first kappa shape index (κ1) is 13.9. The molecule has 6 nitrogen and oxygen atoms in total. The van der Waals surface area contributed by atoms with E-state index < -0.39 is 0 Å². The summed E-state index contributed by atoms with van der Waals surface area (Å²) in [5.41, 5.74) is 3.46. The van der Waals surface area contributed by atoms with E-state index in [0.29, 0.717) is 11.4 Å².